The van der Waals surface area contributed by atoms with E-state index in [1.165, 1.54) is 29.5 Å². The van der Waals surface area contributed by atoms with Crippen molar-refractivity contribution >= 4 is 11.8 Å². The van der Waals surface area contributed by atoms with Crippen LogP contribution in [0.3, 0.4) is 0 Å². The molecule has 1 atom stereocenters. The van der Waals surface area contributed by atoms with Crippen LogP contribution in [0.1, 0.15) is 31.0 Å². The summed E-state index contributed by atoms with van der Waals surface area (Å²) in [5.74, 6) is -0.339. The maximum absolute atomic E-state index is 13.5. The summed E-state index contributed by atoms with van der Waals surface area (Å²) in [6.07, 6.45) is 0. The van der Waals surface area contributed by atoms with E-state index in [1.807, 2.05) is 12.1 Å². The molecule has 4 heteroatoms. The molecule has 0 aromatic heterocycles. The first-order valence-corrected chi connectivity index (χ1v) is 7.98. The Labute approximate surface area is 128 Å². The van der Waals surface area contributed by atoms with E-state index in [0.717, 1.165) is 17.5 Å². The second-order valence-electron chi connectivity index (χ2n) is 4.87. The monoisotopic (exact) mass is 307 g/mol. The van der Waals surface area contributed by atoms with E-state index in [2.05, 4.69) is 31.3 Å². The number of halogens is 2. The average molecular weight is 307 g/mol. The molecule has 0 radical (unpaired) electrons. The Morgan fingerprint density at radius 3 is 2.48 bits per heavy atom. The summed E-state index contributed by atoms with van der Waals surface area (Å²) < 4.78 is 26.6. The van der Waals surface area contributed by atoms with Crippen molar-refractivity contribution in [1.29, 1.82) is 0 Å². The number of nitrogens with one attached hydrogen (secondary N) is 1. The highest BCUT2D eigenvalue weighted by Crippen LogP contribution is 2.26. The molecule has 0 heterocycles. The van der Waals surface area contributed by atoms with Crippen molar-refractivity contribution in [3.05, 3.63) is 65.2 Å². The summed E-state index contributed by atoms with van der Waals surface area (Å²) in [6.45, 7) is 5.12. The van der Waals surface area contributed by atoms with Crippen LogP contribution in [0.5, 0.6) is 0 Å². The third-order valence-corrected chi connectivity index (χ3v) is 4.35. The molecule has 2 aromatic carbocycles. The zero-order valence-electron chi connectivity index (χ0n) is 12.2. The van der Waals surface area contributed by atoms with E-state index < -0.39 is 5.82 Å². The van der Waals surface area contributed by atoms with Crippen LogP contribution >= 0.6 is 11.8 Å². The number of thioether (sulfide) groups is 1. The first-order valence-electron chi connectivity index (χ1n) is 7.00. The topological polar surface area (TPSA) is 12.0 Å². The first kappa shape index (κ1) is 16.0. The Morgan fingerprint density at radius 2 is 1.81 bits per heavy atom. The molecular weight excluding hydrogens is 288 g/mol. The normalized spacial score (nSPS) is 12.4. The van der Waals surface area contributed by atoms with Gasteiger partial charge in [0, 0.05) is 22.3 Å². The standard InChI is InChI=1S/C17H19F2NS/c1-3-20-12(2)13-4-7-16(8-5-13)21-11-14-10-15(18)6-9-17(14)19/h4-10,12,20H,3,11H2,1-2H3. The lowest BCUT2D eigenvalue weighted by atomic mass is 10.1. The lowest BCUT2D eigenvalue weighted by molar-refractivity contribution is 0.591. The van der Waals surface area contributed by atoms with Gasteiger partial charge in [-0.1, -0.05) is 19.1 Å². The highest BCUT2D eigenvalue weighted by Gasteiger charge is 2.06. The van der Waals surface area contributed by atoms with Gasteiger partial charge in [-0.25, -0.2) is 8.78 Å². The summed E-state index contributed by atoms with van der Waals surface area (Å²) in [5, 5.41) is 3.35. The van der Waals surface area contributed by atoms with Crippen molar-refractivity contribution in [2.75, 3.05) is 6.54 Å². The van der Waals surface area contributed by atoms with Crippen molar-refractivity contribution < 1.29 is 8.78 Å². The Morgan fingerprint density at radius 1 is 1.10 bits per heavy atom. The Balaban J connectivity index is 1.99. The van der Waals surface area contributed by atoms with Gasteiger partial charge in [0.15, 0.2) is 0 Å². The lowest BCUT2D eigenvalue weighted by Crippen LogP contribution is -2.17. The molecule has 0 fully saturated rings. The quantitative estimate of drug-likeness (QED) is 0.760. The van der Waals surface area contributed by atoms with Crippen molar-refractivity contribution in [3.8, 4) is 0 Å². The third kappa shape index (κ3) is 4.55. The average Bonchev–Trinajstić information content (AvgIpc) is 2.49. The number of rotatable bonds is 6. The van der Waals surface area contributed by atoms with Gasteiger partial charge in [0.2, 0.25) is 0 Å². The van der Waals surface area contributed by atoms with Crippen molar-refractivity contribution in [3.63, 3.8) is 0 Å². The van der Waals surface area contributed by atoms with Crippen LogP contribution in [0.4, 0.5) is 8.78 Å². The van der Waals surface area contributed by atoms with Crippen LogP contribution in [0, 0.1) is 11.6 Å². The minimum absolute atomic E-state index is 0.315. The summed E-state index contributed by atoms with van der Waals surface area (Å²) in [5.41, 5.74) is 1.61. The largest absolute Gasteiger partial charge is 0.310 e. The number of hydrogen-bond acceptors (Lipinski definition) is 2. The van der Waals surface area contributed by atoms with Crippen LogP contribution in [-0.4, -0.2) is 6.54 Å². The van der Waals surface area contributed by atoms with Crippen LogP contribution in [0.15, 0.2) is 47.4 Å². The van der Waals surface area contributed by atoms with Crippen LogP contribution in [0.2, 0.25) is 0 Å². The molecular formula is C17H19F2NS. The Bertz CT molecular complexity index is 584. The zero-order valence-corrected chi connectivity index (χ0v) is 13.0. The van der Waals surface area contributed by atoms with E-state index in [4.69, 9.17) is 0 Å². The van der Waals surface area contributed by atoms with E-state index in [0.29, 0.717) is 17.4 Å². The molecule has 0 amide bonds. The molecule has 0 aliphatic heterocycles. The highest BCUT2D eigenvalue weighted by atomic mass is 32.2. The molecule has 1 N–H and O–H groups in total. The van der Waals surface area contributed by atoms with Crippen LogP contribution in [0.25, 0.3) is 0 Å². The third-order valence-electron chi connectivity index (χ3n) is 3.29. The second-order valence-corrected chi connectivity index (χ2v) is 5.92. The van der Waals surface area contributed by atoms with Crippen LogP contribution in [-0.2, 0) is 5.75 Å². The Hall–Kier alpha value is -1.39. The molecule has 21 heavy (non-hydrogen) atoms. The molecule has 0 saturated carbocycles. The number of benzene rings is 2. The maximum Gasteiger partial charge on any atom is 0.127 e. The molecule has 0 aliphatic rings. The van der Waals surface area contributed by atoms with E-state index in [9.17, 15) is 8.78 Å². The molecule has 112 valence electrons. The maximum atomic E-state index is 13.5. The smallest absolute Gasteiger partial charge is 0.127 e. The predicted molar refractivity (Wildman–Crippen MR) is 84.5 cm³/mol. The summed E-state index contributed by atoms with van der Waals surface area (Å²) in [7, 11) is 0. The van der Waals surface area contributed by atoms with E-state index in [1.54, 1.807) is 0 Å². The minimum Gasteiger partial charge on any atom is -0.310 e. The van der Waals surface area contributed by atoms with Crippen molar-refractivity contribution in [1.82, 2.24) is 5.32 Å². The molecule has 0 saturated heterocycles. The fraction of sp³-hybridized carbons (Fsp3) is 0.294. The van der Waals surface area contributed by atoms with E-state index in [-0.39, 0.29) is 5.82 Å². The van der Waals surface area contributed by atoms with Crippen molar-refractivity contribution in [2.24, 2.45) is 0 Å². The van der Waals surface area contributed by atoms with Gasteiger partial charge in [-0.05, 0) is 49.4 Å². The molecule has 0 spiro atoms. The molecule has 1 nitrogen and oxygen atoms in total. The molecule has 0 bridgehead atoms. The van der Waals surface area contributed by atoms with Gasteiger partial charge in [-0.15, -0.1) is 11.8 Å². The lowest BCUT2D eigenvalue weighted by Gasteiger charge is -2.13. The molecule has 2 rings (SSSR count). The zero-order chi connectivity index (χ0) is 15.2. The van der Waals surface area contributed by atoms with Gasteiger partial charge in [-0.2, -0.15) is 0 Å². The minimum atomic E-state index is -0.401. The summed E-state index contributed by atoms with van der Waals surface area (Å²) in [4.78, 5) is 1.05. The Kier molecular flexibility index (Phi) is 5.76. The van der Waals surface area contributed by atoms with Gasteiger partial charge in [0.05, 0.1) is 0 Å². The van der Waals surface area contributed by atoms with Gasteiger partial charge < -0.3 is 5.32 Å². The van der Waals surface area contributed by atoms with E-state index >= 15 is 0 Å². The van der Waals surface area contributed by atoms with Crippen LogP contribution < -0.4 is 5.32 Å². The fourth-order valence-electron chi connectivity index (χ4n) is 2.09. The van der Waals surface area contributed by atoms with Gasteiger partial charge in [0.25, 0.3) is 0 Å². The predicted octanol–water partition coefficient (Wildman–Crippen LogP) is 4.93. The molecule has 2 aromatic rings. The second kappa shape index (κ2) is 7.57. The van der Waals surface area contributed by atoms with Gasteiger partial charge in [0.1, 0.15) is 11.6 Å². The van der Waals surface area contributed by atoms with Gasteiger partial charge >= 0.3 is 0 Å². The summed E-state index contributed by atoms with van der Waals surface area (Å²) in [6, 6.07) is 12.1. The van der Waals surface area contributed by atoms with Gasteiger partial charge in [-0.3, -0.25) is 0 Å². The highest BCUT2D eigenvalue weighted by molar-refractivity contribution is 7.98. The first-order chi connectivity index (χ1) is 10.1. The number of hydrogen-bond donors (Lipinski definition) is 1. The molecule has 0 aliphatic carbocycles. The van der Waals surface area contributed by atoms with Crippen molar-refractivity contribution in [2.45, 2.75) is 30.5 Å². The summed E-state index contributed by atoms with van der Waals surface area (Å²) >= 11 is 1.50. The molecule has 1 unspecified atom stereocenters. The fourth-order valence-corrected chi connectivity index (χ4v) is 2.96. The SMILES string of the molecule is CCNC(C)c1ccc(SCc2cc(F)ccc2F)cc1.